The SMILES string of the molecule is O=C(NC1(C(=O)N(CCc2ccccc2)C(=O)NCCCN2CCOCC2)CCCC1)c1cc2ccc(Cl)c(Cl)c2s1. The van der Waals surface area contributed by atoms with E-state index in [1.54, 1.807) is 12.1 Å². The highest BCUT2D eigenvalue weighted by molar-refractivity contribution is 7.21. The molecule has 8 nitrogen and oxygen atoms in total. The summed E-state index contributed by atoms with van der Waals surface area (Å²) in [7, 11) is 0. The maximum Gasteiger partial charge on any atom is 0.324 e. The smallest absolute Gasteiger partial charge is 0.324 e. The Morgan fingerprint density at radius 1 is 1.02 bits per heavy atom. The number of fused-ring (bicyclic) bond motifs is 1. The molecular formula is C31H36Cl2N4O4S. The topological polar surface area (TPSA) is 91.0 Å². The predicted molar refractivity (Wildman–Crippen MR) is 168 cm³/mol. The van der Waals surface area contributed by atoms with E-state index in [1.165, 1.54) is 16.2 Å². The van der Waals surface area contributed by atoms with E-state index in [1.807, 2.05) is 36.4 Å². The van der Waals surface area contributed by atoms with Crippen molar-refractivity contribution in [1.29, 1.82) is 0 Å². The molecular weight excluding hydrogens is 595 g/mol. The highest BCUT2D eigenvalue weighted by atomic mass is 35.5. The van der Waals surface area contributed by atoms with Gasteiger partial charge in [-0.15, -0.1) is 11.3 Å². The molecule has 0 atom stereocenters. The minimum atomic E-state index is -1.16. The molecule has 1 aliphatic carbocycles. The summed E-state index contributed by atoms with van der Waals surface area (Å²) < 4.78 is 6.13. The molecule has 0 radical (unpaired) electrons. The van der Waals surface area contributed by atoms with E-state index < -0.39 is 11.6 Å². The van der Waals surface area contributed by atoms with Crippen molar-refractivity contribution in [2.75, 3.05) is 45.9 Å². The maximum atomic E-state index is 14.2. The molecule has 2 aliphatic rings. The van der Waals surface area contributed by atoms with Gasteiger partial charge in [-0.05, 0) is 55.3 Å². The van der Waals surface area contributed by atoms with E-state index >= 15 is 0 Å². The number of morpholine rings is 1. The van der Waals surface area contributed by atoms with Gasteiger partial charge in [-0.2, -0.15) is 0 Å². The third-order valence-corrected chi connectivity index (χ3v) is 10.1. The first-order valence-electron chi connectivity index (χ1n) is 14.5. The number of carbonyl (C=O) groups excluding carboxylic acids is 3. The van der Waals surface area contributed by atoms with E-state index in [4.69, 9.17) is 27.9 Å². The van der Waals surface area contributed by atoms with Gasteiger partial charge >= 0.3 is 6.03 Å². The van der Waals surface area contributed by atoms with E-state index in [0.29, 0.717) is 40.7 Å². The summed E-state index contributed by atoms with van der Waals surface area (Å²) in [6.45, 7) is 4.75. The summed E-state index contributed by atoms with van der Waals surface area (Å²) in [5.41, 5.74) is -0.128. The normalized spacial score (nSPS) is 16.8. The van der Waals surface area contributed by atoms with Gasteiger partial charge in [0.15, 0.2) is 0 Å². The third-order valence-electron chi connectivity index (χ3n) is 8.01. The molecule has 11 heteroatoms. The number of thiophene rings is 1. The van der Waals surface area contributed by atoms with Crippen LogP contribution in [0.3, 0.4) is 0 Å². The van der Waals surface area contributed by atoms with E-state index in [9.17, 15) is 14.4 Å². The van der Waals surface area contributed by atoms with Gasteiger partial charge in [0.05, 0.1) is 32.8 Å². The fraction of sp³-hybridized carbons (Fsp3) is 0.452. The van der Waals surface area contributed by atoms with E-state index in [0.717, 1.165) is 67.8 Å². The minimum Gasteiger partial charge on any atom is -0.379 e. The molecule has 1 saturated heterocycles. The number of carbonyl (C=O) groups is 3. The van der Waals surface area contributed by atoms with Crippen molar-refractivity contribution in [1.82, 2.24) is 20.4 Å². The fourth-order valence-electron chi connectivity index (χ4n) is 5.66. The highest BCUT2D eigenvalue weighted by Crippen LogP contribution is 2.37. The quantitative estimate of drug-likeness (QED) is 0.278. The van der Waals surface area contributed by atoms with Crippen LogP contribution in [0.1, 0.15) is 47.3 Å². The Morgan fingerprint density at radius 3 is 2.50 bits per heavy atom. The molecule has 224 valence electrons. The molecule has 0 bridgehead atoms. The molecule has 42 heavy (non-hydrogen) atoms. The standard InChI is InChI=1S/C31H36Cl2N4O4S/c32-24-10-9-23-21-25(42-27(23)26(24)33)28(38)35-31(12-4-5-13-31)29(39)37(16-11-22-7-2-1-3-8-22)30(40)34-14-6-15-36-17-19-41-20-18-36/h1-3,7-10,21H,4-6,11-20H2,(H,34,40)(H,35,38). The molecule has 2 heterocycles. The van der Waals surface area contributed by atoms with Crippen molar-refractivity contribution < 1.29 is 19.1 Å². The highest BCUT2D eigenvalue weighted by Gasteiger charge is 2.46. The van der Waals surface area contributed by atoms with Crippen LogP contribution in [0.15, 0.2) is 48.5 Å². The molecule has 0 spiro atoms. The van der Waals surface area contributed by atoms with Crippen molar-refractivity contribution in [3.8, 4) is 0 Å². The number of benzene rings is 2. The van der Waals surface area contributed by atoms with Crippen LogP contribution in [0.5, 0.6) is 0 Å². The van der Waals surface area contributed by atoms with Crippen molar-refractivity contribution >= 4 is 62.5 Å². The molecule has 2 fully saturated rings. The number of nitrogens with one attached hydrogen (secondary N) is 2. The van der Waals surface area contributed by atoms with Crippen LogP contribution >= 0.6 is 34.5 Å². The lowest BCUT2D eigenvalue weighted by atomic mass is 9.94. The molecule has 2 N–H and O–H groups in total. The number of halogens is 2. The second kappa shape index (κ2) is 14.2. The van der Waals surface area contributed by atoms with Crippen LogP contribution < -0.4 is 10.6 Å². The summed E-state index contributed by atoms with van der Waals surface area (Å²) in [6.07, 6.45) is 3.81. The monoisotopic (exact) mass is 630 g/mol. The van der Waals surface area contributed by atoms with Gasteiger partial charge in [-0.1, -0.05) is 72.4 Å². The average Bonchev–Trinajstić information content (AvgIpc) is 3.67. The van der Waals surface area contributed by atoms with Crippen molar-refractivity contribution in [2.45, 2.75) is 44.1 Å². The van der Waals surface area contributed by atoms with Gasteiger partial charge in [-0.3, -0.25) is 19.4 Å². The zero-order chi connectivity index (χ0) is 29.5. The van der Waals surface area contributed by atoms with Crippen LogP contribution in [0, 0.1) is 0 Å². The van der Waals surface area contributed by atoms with Crippen molar-refractivity contribution in [3.63, 3.8) is 0 Å². The molecule has 1 aliphatic heterocycles. The minimum absolute atomic E-state index is 0.215. The molecule has 1 aromatic heterocycles. The molecule has 2 aromatic carbocycles. The van der Waals surface area contributed by atoms with E-state index in [-0.39, 0.29) is 18.4 Å². The zero-order valence-corrected chi connectivity index (χ0v) is 25.8. The number of rotatable bonds is 10. The van der Waals surface area contributed by atoms with Gasteiger partial charge in [0, 0.05) is 26.2 Å². The van der Waals surface area contributed by atoms with Gasteiger partial charge in [0.1, 0.15) is 5.54 Å². The van der Waals surface area contributed by atoms with Gasteiger partial charge in [0.2, 0.25) is 0 Å². The largest absolute Gasteiger partial charge is 0.379 e. The summed E-state index contributed by atoms with van der Waals surface area (Å²) in [5, 5.41) is 7.66. The summed E-state index contributed by atoms with van der Waals surface area (Å²) in [5.74, 6) is -0.718. The first-order valence-corrected chi connectivity index (χ1v) is 16.1. The van der Waals surface area contributed by atoms with Crippen molar-refractivity contribution in [3.05, 3.63) is 69.0 Å². The number of hydrogen-bond acceptors (Lipinski definition) is 6. The molecule has 1 saturated carbocycles. The third kappa shape index (κ3) is 7.26. The lowest BCUT2D eigenvalue weighted by Crippen LogP contribution is -2.61. The number of nitrogens with zero attached hydrogens (tertiary/aromatic N) is 2. The van der Waals surface area contributed by atoms with Crippen LogP contribution in [0.4, 0.5) is 4.79 Å². The number of urea groups is 1. The van der Waals surface area contributed by atoms with E-state index in [2.05, 4.69) is 15.5 Å². The Hall–Kier alpha value is -2.69. The average molecular weight is 632 g/mol. The first-order chi connectivity index (χ1) is 20.4. The second-order valence-electron chi connectivity index (χ2n) is 10.9. The number of imide groups is 1. The fourth-order valence-corrected chi connectivity index (χ4v) is 7.16. The lowest BCUT2D eigenvalue weighted by molar-refractivity contribution is -0.134. The Balaban J connectivity index is 1.31. The first kappa shape index (κ1) is 30.8. The van der Waals surface area contributed by atoms with Gasteiger partial charge < -0.3 is 15.4 Å². The summed E-state index contributed by atoms with van der Waals surface area (Å²) in [4.78, 5) is 45.4. The van der Waals surface area contributed by atoms with Gasteiger partial charge in [0.25, 0.3) is 11.8 Å². The molecule has 0 unspecified atom stereocenters. The molecule has 4 amide bonds. The lowest BCUT2D eigenvalue weighted by Gasteiger charge is -2.34. The van der Waals surface area contributed by atoms with Crippen LogP contribution in [0.25, 0.3) is 10.1 Å². The van der Waals surface area contributed by atoms with Crippen LogP contribution in [0.2, 0.25) is 10.0 Å². The zero-order valence-electron chi connectivity index (χ0n) is 23.5. The molecule has 3 aromatic rings. The van der Waals surface area contributed by atoms with Crippen LogP contribution in [-0.4, -0.2) is 79.1 Å². The van der Waals surface area contributed by atoms with Crippen molar-refractivity contribution in [2.24, 2.45) is 0 Å². The Kier molecular flexibility index (Phi) is 10.4. The maximum absolute atomic E-state index is 14.2. The summed E-state index contributed by atoms with van der Waals surface area (Å²) >= 11 is 13.8. The second-order valence-corrected chi connectivity index (χ2v) is 12.7. The Morgan fingerprint density at radius 2 is 1.76 bits per heavy atom. The Labute approximate surface area is 260 Å². The number of amides is 4. The predicted octanol–water partition coefficient (Wildman–Crippen LogP) is 5.75. The molecule has 5 rings (SSSR count). The van der Waals surface area contributed by atoms with Crippen LogP contribution in [-0.2, 0) is 16.0 Å². The van der Waals surface area contributed by atoms with Gasteiger partial charge in [-0.25, -0.2) is 4.79 Å². The number of ether oxygens (including phenoxy) is 1. The number of hydrogen-bond donors (Lipinski definition) is 2. The Bertz CT molecular complexity index is 1400. The summed E-state index contributed by atoms with van der Waals surface area (Å²) in [6, 6.07) is 14.6.